The van der Waals surface area contributed by atoms with E-state index in [9.17, 15) is 0 Å². The molecule has 1 aliphatic rings. The van der Waals surface area contributed by atoms with Gasteiger partial charge in [0.05, 0.1) is 32.5 Å². The van der Waals surface area contributed by atoms with Gasteiger partial charge in [0.1, 0.15) is 30.5 Å². The summed E-state index contributed by atoms with van der Waals surface area (Å²) in [6, 6.07) is 41.0. The van der Waals surface area contributed by atoms with Crippen LogP contribution in [0.1, 0.15) is 67.7 Å². The van der Waals surface area contributed by atoms with Crippen LogP contribution in [-0.2, 0) is 50.1 Å². The maximum absolute atomic E-state index is 6.92. The Labute approximate surface area is 294 Å². The fourth-order valence-electron chi connectivity index (χ4n) is 6.68. The summed E-state index contributed by atoms with van der Waals surface area (Å²) in [6.07, 6.45) is 5.31. The van der Waals surface area contributed by atoms with Crippen molar-refractivity contribution in [3.8, 4) is 0 Å². The number of nitrogens with one attached hydrogen (secondary N) is 1. The lowest BCUT2D eigenvalue weighted by Gasteiger charge is -2.50. The minimum atomic E-state index is -0.467. The van der Waals surface area contributed by atoms with Crippen molar-refractivity contribution < 1.29 is 23.7 Å². The lowest BCUT2D eigenvalue weighted by atomic mass is 9.81. The molecule has 49 heavy (non-hydrogen) atoms. The van der Waals surface area contributed by atoms with E-state index in [2.05, 4.69) is 72.9 Å². The van der Waals surface area contributed by atoms with Gasteiger partial charge in [0.25, 0.3) is 0 Å². The zero-order chi connectivity index (χ0) is 33.9. The molecule has 0 heterocycles. The Hall–Kier alpha value is -3.36. The third-order valence-electron chi connectivity index (χ3n) is 9.33. The van der Waals surface area contributed by atoms with Crippen LogP contribution in [0.25, 0.3) is 0 Å². The van der Waals surface area contributed by atoms with Gasteiger partial charge in [0, 0.05) is 7.11 Å². The zero-order valence-electron chi connectivity index (χ0n) is 29.3. The van der Waals surface area contributed by atoms with Crippen molar-refractivity contribution in [3.05, 3.63) is 144 Å². The fourth-order valence-corrected chi connectivity index (χ4v) is 6.68. The molecular weight excluding hydrogens is 610 g/mol. The van der Waals surface area contributed by atoms with E-state index in [4.69, 9.17) is 23.7 Å². The van der Waals surface area contributed by atoms with Crippen molar-refractivity contribution in [1.82, 2.24) is 5.32 Å². The molecule has 5 rings (SSSR count). The van der Waals surface area contributed by atoms with Gasteiger partial charge in [-0.25, -0.2) is 0 Å². The SMILES string of the molecule is CCCCCCCCN[C@@H]1[C@@H](OC)[C@H](OCc2ccccc2)[C@@H](OCc2ccccc2)[C@H](OCc2ccccc2)[C@H]1OCc1ccccc1. The molecule has 0 spiro atoms. The summed E-state index contributed by atoms with van der Waals surface area (Å²) in [6.45, 7) is 4.84. The third kappa shape index (κ3) is 11.6. The molecule has 0 amide bonds. The summed E-state index contributed by atoms with van der Waals surface area (Å²) >= 11 is 0. The van der Waals surface area contributed by atoms with Crippen LogP contribution in [0.5, 0.6) is 0 Å². The summed E-state index contributed by atoms with van der Waals surface area (Å²) < 4.78 is 33.9. The van der Waals surface area contributed by atoms with Gasteiger partial charge < -0.3 is 29.0 Å². The number of methoxy groups -OCH3 is 1. The minimum absolute atomic E-state index is 0.192. The molecule has 4 aromatic rings. The quantitative estimate of drug-likeness (QED) is 0.0900. The van der Waals surface area contributed by atoms with Crippen molar-refractivity contribution in [2.75, 3.05) is 13.7 Å². The van der Waals surface area contributed by atoms with Crippen LogP contribution in [0.2, 0.25) is 0 Å². The molecule has 6 atom stereocenters. The number of unbranched alkanes of at least 4 members (excludes halogenated alkanes) is 5. The summed E-state index contributed by atoms with van der Waals surface area (Å²) in [4.78, 5) is 0. The highest BCUT2D eigenvalue weighted by molar-refractivity contribution is 5.18. The minimum Gasteiger partial charge on any atom is -0.377 e. The summed E-state index contributed by atoms with van der Waals surface area (Å²) in [7, 11) is 1.77. The summed E-state index contributed by atoms with van der Waals surface area (Å²) in [5.74, 6) is 0. The Balaban J connectivity index is 1.47. The Morgan fingerprint density at radius 3 is 1.18 bits per heavy atom. The highest BCUT2D eigenvalue weighted by atomic mass is 16.6. The molecule has 0 aromatic heterocycles. The van der Waals surface area contributed by atoms with Crippen LogP contribution in [0, 0.1) is 0 Å². The average Bonchev–Trinajstić information content (AvgIpc) is 3.16. The smallest absolute Gasteiger partial charge is 0.115 e. The van der Waals surface area contributed by atoms with E-state index in [1.54, 1.807) is 7.11 Å². The van der Waals surface area contributed by atoms with Crippen LogP contribution in [0.4, 0.5) is 0 Å². The highest BCUT2D eigenvalue weighted by Gasteiger charge is 2.54. The number of ether oxygens (including phenoxy) is 5. The molecule has 4 aromatic carbocycles. The first kappa shape index (κ1) is 36.9. The third-order valence-corrected chi connectivity index (χ3v) is 9.33. The molecule has 1 saturated carbocycles. The Morgan fingerprint density at radius 2 is 0.776 bits per heavy atom. The van der Waals surface area contributed by atoms with Crippen molar-refractivity contribution in [2.24, 2.45) is 0 Å². The molecule has 6 nitrogen and oxygen atoms in total. The van der Waals surface area contributed by atoms with E-state index in [1.165, 1.54) is 32.1 Å². The van der Waals surface area contributed by atoms with Crippen LogP contribution in [-0.4, -0.2) is 50.2 Å². The molecule has 1 fully saturated rings. The fraction of sp³-hybridized carbons (Fsp3) is 0.442. The Morgan fingerprint density at radius 1 is 0.429 bits per heavy atom. The van der Waals surface area contributed by atoms with Crippen LogP contribution >= 0.6 is 0 Å². The van der Waals surface area contributed by atoms with E-state index < -0.39 is 18.3 Å². The van der Waals surface area contributed by atoms with Crippen molar-refractivity contribution in [1.29, 1.82) is 0 Å². The van der Waals surface area contributed by atoms with Crippen LogP contribution in [0.15, 0.2) is 121 Å². The first-order valence-corrected chi connectivity index (χ1v) is 18.1. The van der Waals surface area contributed by atoms with E-state index in [0.717, 1.165) is 35.2 Å². The lowest BCUT2D eigenvalue weighted by molar-refractivity contribution is -0.254. The van der Waals surface area contributed by atoms with Gasteiger partial charge >= 0.3 is 0 Å². The number of hydrogen-bond donors (Lipinski definition) is 1. The van der Waals surface area contributed by atoms with E-state index in [0.29, 0.717) is 26.4 Å². The van der Waals surface area contributed by atoms with Gasteiger partial charge in [0.2, 0.25) is 0 Å². The molecular formula is C43H55NO5. The van der Waals surface area contributed by atoms with Gasteiger partial charge in [-0.3, -0.25) is 0 Å². The zero-order valence-corrected chi connectivity index (χ0v) is 29.3. The molecule has 6 heteroatoms. The Bertz CT molecular complexity index is 1410. The second kappa shape index (κ2) is 21.0. The van der Waals surface area contributed by atoms with Gasteiger partial charge in [0.15, 0.2) is 0 Å². The van der Waals surface area contributed by atoms with Gasteiger partial charge in [-0.2, -0.15) is 0 Å². The lowest BCUT2D eigenvalue weighted by Crippen LogP contribution is -2.70. The number of hydrogen-bond acceptors (Lipinski definition) is 6. The Kier molecular flexibility index (Phi) is 15.8. The van der Waals surface area contributed by atoms with Crippen LogP contribution in [0.3, 0.4) is 0 Å². The molecule has 0 bridgehead atoms. The van der Waals surface area contributed by atoms with E-state index >= 15 is 0 Å². The first-order chi connectivity index (χ1) is 24.3. The van der Waals surface area contributed by atoms with Gasteiger partial charge in [-0.05, 0) is 35.2 Å². The average molecular weight is 666 g/mol. The predicted molar refractivity (Wildman–Crippen MR) is 196 cm³/mol. The molecule has 0 saturated heterocycles. The molecule has 0 unspecified atom stereocenters. The number of rotatable bonds is 21. The van der Waals surface area contributed by atoms with Crippen molar-refractivity contribution in [2.45, 2.75) is 108 Å². The predicted octanol–water partition coefficient (Wildman–Crippen LogP) is 8.68. The second-order valence-electron chi connectivity index (χ2n) is 13.0. The maximum Gasteiger partial charge on any atom is 0.115 e. The monoisotopic (exact) mass is 665 g/mol. The highest BCUT2D eigenvalue weighted by Crippen LogP contribution is 2.34. The second-order valence-corrected chi connectivity index (χ2v) is 13.0. The maximum atomic E-state index is 6.92. The van der Waals surface area contributed by atoms with Crippen molar-refractivity contribution in [3.63, 3.8) is 0 Å². The molecule has 0 aliphatic heterocycles. The number of benzene rings is 4. The molecule has 1 aliphatic carbocycles. The van der Waals surface area contributed by atoms with Crippen LogP contribution < -0.4 is 5.32 Å². The normalized spacial score (nSPS) is 22.2. The summed E-state index contributed by atoms with van der Waals surface area (Å²) in [5.41, 5.74) is 4.39. The summed E-state index contributed by atoms with van der Waals surface area (Å²) in [5, 5.41) is 3.89. The van der Waals surface area contributed by atoms with Gasteiger partial charge in [-0.15, -0.1) is 0 Å². The van der Waals surface area contributed by atoms with Gasteiger partial charge in [-0.1, -0.05) is 160 Å². The first-order valence-electron chi connectivity index (χ1n) is 18.1. The molecule has 262 valence electrons. The molecule has 0 radical (unpaired) electrons. The van der Waals surface area contributed by atoms with E-state index in [-0.39, 0.29) is 18.2 Å². The molecule has 1 N–H and O–H groups in total. The standard InChI is InChI=1S/C43H55NO5/c1-3-4-5-6-7-20-29-44-38-39(45-2)41(47-31-35-23-14-9-15-24-35)43(49-33-37-27-18-11-19-28-37)42(48-32-36-25-16-10-17-26-36)40(38)46-30-34-21-12-8-13-22-34/h8-19,21-28,38-44H,3-7,20,29-33H2,1-2H3/t38-,39-,40+,41+,42-,43-/m1/s1. The van der Waals surface area contributed by atoms with E-state index in [1.807, 2.05) is 60.7 Å². The largest absolute Gasteiger partial charge is 0.377 e. The topological polar surface area (TPSA) is 58.2 Å². The van der Waals surface area contributed by atoms with Crippen molar-refractivity contribution >= 4 is 0 Å².